The molecule has 14 heteroatoms. The van der Waals surface area contributed by atoms with Crippen LogP contribution in [0.25, 0.3) is 110 Å². The van der Waals surface area contributed by atoms with Crippen molar-refractivity contribution in [2.45, 2.75) is 233 Å². The molecule has 0 unspecified atom stereocenters. The van der Waals surface area contributed by atoms with E-state index in [0.29, 0.717) is 132 Å². The highest BCUT2D eigenvalue weighted by Crippen LogP contribution is 2.53. The number of fused-ring (bicyclic) bond motifs is 2. The summed E-state index contributed by atoms with van der Waals surface area (Å²) in [5.74, 6) is -1.53. The van der Waals surface area contributed by atoms with Crippen molar-refractivity contribution in [1.82, 2.24) is 9.97 Å². The monoisotopic (exact) mass is 1500 g/mol. The van der Waals surface area contributed by atoms with Crippen LogP contribution in [-0.2, 0) is 86.0 Å². The lowest BCUT2D eigenvalue weighted by Gasteiger charge is -2.26. The Kier molecular flexibility index (Phi) is 16.9. The highest BCUT2D eigenvalue weighted by molar-refractivity contribution is 7.90. The number of rotatable bonds is 4. The minimum Gasteiger partial charge on any atom is -0.354 e. The van der Waals surface area contributed by atoms with Crippen LogP contribution in [0.4, 0.5) is 11.4 Å². The van der Waals surface area contributed by atoms with Crippen LogP contribution in [0.15, 0.2) is 150 Å². The van der Waals surface area contributed by atoms with Crippen LogP contribution in [-0.4, -0.2) is 26.8 Å². The summed E-state index contributed by atoms with van der Waals surface area (Å²) in [7, 11) is -7.95. The first kappa shape index (κ1) is 75.9. The fourth-order valence-electron chi connectivity index (χ4n) is 16.5. The summed E-state index contributed by atoms with van der Waals surface area (Å²) in [5, 5.41) is 3.54. The number of benzene rings is 8. The summed E-state index contributed by atoms with van der Waals surface area (Å²) >= 11 is 0. The Labute approximate surface area is 645 Å². The lowest BCUT2D eigenvalue weighted by atomic mass is 9.78. The number of aromatic nitrogens is 2. The molecule has 0 spiro atoms. The molecular weight excluding hydrogens is 1400 g/mol. The standard InChI is InChI=1S/C96H102N4O8S2/c1-89(2,3)53-29-49(30-54(37-53)90(4,5)6)77-81-65-41-61-63(75(103)27-25-73(61)101)43-67(65)83(97-81)78(50-31-55(91(7,8)9)38-56(32-50)92(10,11)12)85-69-45-109(105,106)47-71(69)87(99-85)80(52-35-59(95(19,20)21)40-60(36-52)96(22,23)24)88-72-48-110(107,108)46-70(72)86(100-88)79(51-33-57(93(13,14)15)39-58(34-51)94(16,17)18)84-68-44-64-62(42-66(68)82(77)98-84)74(102)26-28-76(64)104/h25-44,97,100H,45-48H2,1-24H3. The highest BCUT2D eigenvalue weighted by Gasteiger charge is 2.39. The van der Waals surface area contributed by atoms with E-state index in [4.69, 9.17) is 9.98 Å². The van der Waals surface area contributed by atoms with Crippen LogP contribution in [0.5, 0.6) is 0 Å². The van der Waals surface area contributed by atoms with Crippen molar-refractivity contribution in [1.29, 1.82) is 0 Å². The van der Waals surface area contributed by atoms with Crippen molar-refractivity contribution in [2.24, 2.45) is 9.98 Å². The zero-order chi connectivity index (χ0) is 79.9. The van der Waals surface area contributed by atoms with E-state index in [1.165, 1.54) is 24.3 Å². The van der Waals surface area contributed by atoms with Gasteiger partial charge in [-0.25, -0.2) is 26.8 Å². The van der Waals surface area contributed by atoms with Crippen molar-refractivity contribution in [2.75, 3.05) is 0 Å². The largest absolute Gasteiger partial charge is 0.354 e. The van der Waals surface area contributed by atoms with Crippen molar-refractivity contribution >= 4 is 96.2 Å². The second kappa shape index (κ2) is 24.5. The van der Waals surface area contributed by atoms with E-state index in [-0.39, 0.29) is 66.3 Å². The summed E-state index contributed by atoms with van der Waals surface area (Å²) in [5.41, 5.74) is 12.4. The van der Waals surface area contributed by atoms with Gasteiger partial charge in [-0.3, -0.25) is 19.2 Å². The average Bonchev–Trinajstić information content (AvgIpc) is 1.54. The molecule has 110 heavy (non-hydrogen) atoms. The Morgan fingerprint density at radius 3 is 0.818 bits per heavy atom. The van der Waals surface area contributed by atoms with Gasteiger partial charge in [0.2, 0.25) is 0 Å². The normalized spacial score (nSPS) is 15.3. The van der Waals surface area contributed by atoms with Crippen molar-refractivity contribution in [3.8, 4) is 44.5 Å². The smallest absolute Gasteiger partial charge is 0.186 e. The molecule has 0 amide bonds. The topological polar surface area (TPSA) is 193 Å². The molecule has 8 bridgehead atoms. The van der Waals surface area contributed by atoms with Gasteiger partial charge in [-0.1, -0.05) is 239 Å². The quantitative estimate of drug-likeness (QED) is 0.174. The molecule has 6 heterocycles. The van der Waals surface area contributed by atoms with E-state index in [2.05, 4.69) is 249 Å². The maximum absolute atomic E-state index is 15.5. The number of H-pyrrole nitrogens is 2. The van der Waals surface area contributed by atoms with Crippen LogP contribution in [0.2, 0.25) is 0 Å². The van der Waals surface area contributed by atoms with E-state index >= 15 is 16.8 Å². The molecule has 0 saturated heterocycles. The Bertz CT molecular complexity index is 6710. The van der Waals surface area contributed by atoms with E-state index < -0.39 is 63.0 Å². The first-order valence-electron chi connectivity index (χ1n) is 38.5. The molecule has 0 fully saturated rings. The molecule has 566 valence electrons. The fraction of sp³-hybridized carbons (Fsp3) is 0.375. The lowest BCUT2D eigenvalue weighted by molar-refractivity contribution is 0.568. The van der Waals surface area contributed by atoms with Crippen molar-refractivity contribution in [3.63, 3.8) is 0 Å². The second-order valence-corrected chi connectivity index (χ2v) is 44.2. The molecule has 2 aromatic heterocycles. The van der Waals surface area contributed by atoms with Crippen LogP contribution in [0, 0.1) is 0 Å². The molecule has 0 aliphatic carbocycles. The third-order valence-electron chi connectivity index (χ3n) is 23.3. The fourth-order valence-corrected chi connectivity index (χ4v) is 19.7. The summed E-state index contributed by atoms with van der Waals surface area (Å²) in [6, 6.07) is 38.9. The maximum atomic E-state index is 15.5. The lowest BCUT2D eigenvalue weighted by Crippen LogP contribution is -2.18. The predicted molar refractivity (Wildman–Crippen MR) is 457 cm³/mol. The number of nitrogens with one attached hydrogen (secondary N) is 2. The maximum Gasteiger partial charge on any atom is 0.186 e. The molecule has 9 aromatic carbocycles. The summed E-state index contributed by atoms with van der Waals surface area (Å²) in [4.78, 5) is 80.2. The zero-order valence-electron chi connectivity index (χ0n) is 68.4. The molecule has 11 aromatic rings. The van der Waals surface area contributed by atoms with Gasteiger partial charge in [-0.15, -0.1) is 0 Å². The Morgan fingerprint density at radius 1 is 0.255 bits per heavy atom. The number of nitrogens with zero attached hydrogens (tertiary/aromatic N) is 2. The molecule has 2 N–H and O–H groups in total. The first-order chi connectivity index (χ1) is 50.6. The number of hydrogen-bond donors (Lipinski definition) is 2. The van der Waals surface area contributed by atoms with E-state index in [1.54, 1.807) is 12.1 Å². The number of hydrogen-bond acceptors (Lipinski definition) is 10. The van der Waals surface area contributed by atoms with Gasteiger partial charge >= 0.3 is 0 Å². The van der Waals surface area contributed by atoms with Crippen LogP contribution in [0.3, 0.4) is 0 Å². The first-order valence-corrected chi connectivity index (χ1v) is 42.1. The minimum absolute atomic E-state index is 0.174. The van der Waals surface area contributed by atoms with Gasteiger partial charge in [0.05, 0.1) is 67.2 Å². The second-order valence-electron chi connectivity index (χ2n) is 40.1. The SMILES string of the molecule is CC(C)(C)c1cc(-c2c3c4c(c(c(-c5cc(C(C)(C)C)cc(C(C)(C)C)c5)c5[nH]c(c(-c6cc(C(C)(C)C)cc(C(C)(C)C)c6)c6c7cc8c(=O)ccc(=O)c8cc7c(c(-c7cc(C(C)(C)C)cc(C(C)(C)C)c7)c7[nH]c2c2c7CS(=O)(=O)C2)N=6)c2cc6c(=O)ccc(=O)c6cc52)=N3)CS(=O)(=O)C4)cc(C(C)(C)C)c1. The summed E-state index contributed by atoms with van der Waals surface area (Å²) in [6.07, 6.45) is 0. The van der Waals surface area contributed by atoms with Gasteiger partial charge in [0.1, 0.15) is 0 Å². The Hall–Kier alpha value is -9.50. The predicted octanol–water partition coefficient (Wildman–Crippen LogP) is 20.8. The summed E-state index contributed by atoms with van der Waals surface area (Å²) in [6.45, 7) is 52.2. The van der Waals surface area contributed by atoms with Gasteiger partial charge in [0.25, 0.3) is 0 Å². The van der Waals surface area contributed by atoms with Crippen LogP contribution in [0.1, 0.15) is 233 Å². The highest BCUT2D eigenvalue weighted by atomic mass is 32.2. The van der Waals surface area contributed by atoms with E-state index in [9.17, 15) is 19.2 Å². The molecule has 4 aliphatic rings. The van der Waals surface area contributed by atoms with Crippen LogP contribution >= 0.6 is 0 Å². The molecule has 0 atom stereocenters. The van der Waals surface area contributed by atoms with Gasteiger partial charge in [0.15, 0.2) is 41.4 Å². The Morgan fingerprint density at radius 2 is 0.500 bits per heavy atom. The zero-order valence-corrected chi connectivity index (χ0v) is 70.0. The van der Waals surface area contributed by atoms with E-state index in [0.717, 1.165) is 44.5 Å². The average molecular weight is 1500 g/mol. The van der Waals surface area contributed by atoms with Gasteiger partial charge < -0.3 is 9.97 Å². The molecule has 4 aliphatic heterocycles. The Balaban J connectivity index is 1.39. The van der Waals surface area contributed by atoms with Gasteiger partial charge in [-0.05, 0) is 181 Å². The molecular formula is C96H102N4O8S2. The molecule has 12 nitrogen and oxygen atoms in total. The van der Waals surface area contributed by atoms with Gasteiger partial charge in [-0.2, -0.15) is 0 Å². The number of sulfone groups is 2. The van der Waals surface area contributed by atoms with Crippen molar-refractivity contribution < 1.29 is 16.8 Å². The van der Waals surface area contributed by atoms with Gasteiger partial charge in [0, 0.05) is 65.3 Å². The number of aromatic amines is 2. The van der Waals surface area contributed by atoms with Crippen molar-refractivity contribution in [3.05, 3.63) is 240 Å². The molecule has 15 rings (SSSR count). The van der Waals surface area contributed by atoms with E-state index in [1.807, 2.05) is 12.1 Å². The summed E-state index contributed by atoms with van der Waals surface area (Å²) < 4.78 is 61.9. The molecule has 0 radical (unpaired) electrons. The third kappa shape index (κ3) is 13.0. The third-order valence-corrected chi connectivity index (χ3v) is 26.2. The van der Waals surface area contributed by atoms with Crippen LogP contribution < -0.4 is 32.4 Å². The molecule has 0 saturated carbocycles. The minimum atomic E-state index is -3.98.